The summed E-state index contributed by atoms with van der Waals surface area (Å²) >= 11 is 0. The summed E-state index contributed by atoms with van der Waals surface area (Å²) in [4.78, 5) is 18.2. The lowest BCUT2D eigenvalue weighted by Gasteiger charge is -2.40. The average molecular weight is 646 g/mol. The zero-order valence-corrected chi connectivity index (χ0v) is 26.7. The van der Waals surface area contributed by atoms with Crippen molar-refractivity contribution in [1.29, 1.82) is 0 Å². The SMILES string of the molecule is COc1ccc(S(=O)(=O)N(CCO)CCO[C@@H]2C[C@H](c3ccc(F)cc3)C=C(C(=O)N3CCC(N4CCCCC4)CC3)O2)cc1. The summed E-state index contributed by atoms with van der Waals surface area (Å²) < 4.78 is 58.7. The summed E-state index contributed by atoms with van der Waals surface area (Å²) in [5.41, 5.74) is 0.825. The van der Waals surface area contributed by atoms with Gasteiger partial charge in [0.05, 0.1) is 25.2 Å². The highest BCUT2D eigenvalue weighted by atomic mass is 32.2. The van der Waals surface area contributed by atoms with Gasteiger partial charge in [-0.2, -0.15) is 4.31 Å². The first kappa shape index (κ1) is 33.3. The lowest BCUT2D eigenvalue weighted by Crippen LogP contribution is -2.49. The zero-order valence-electron chi connectivity index (χ0n) is 25.9. The standard InChI is InChI=1S/C33H44FN3O7S/c1-42-29-9-11-30(12-10-29)45(40,41)37(19-21-38)20-22-43-32-24-26(25-5-7-27(34)8-6-25)23-31(44-32)33(39)36-17-13-28(14-18-36)35-15-3-2-4-16-35/h5-12,23,26,28,32,38H,2-4,13-22,24H2,1H3/t26-,32+/m1/s1. The van der Waals surface area contributed by atoms with Gasteiger partial charge in [0, 0.05) is 44.6 Å². The summed E-state index contributed by atoms with van der Waals surface area (Å²) in [6.07, 6.45) is 6.93. The van der Waals surface area contributed by atoms with Gasteiger partial charge in [-0.15, -0.1) is 0 Å². The molecule has 2 atom stereocenters. The third kappa shape index (κ3) is 8.42. The number of carbonyl (C=O) groups is 1. The molecule has 2 aromatic rings. The summed E-state index contributed by atoms with van der Waals surface area (Å²) in [5.74, 6) is -0.0873. The first-order chi connectivity index (χ1) is 21.8. The van der Waals surface area contributed by atoms with Gasteiger partial charge in [0.2, 0.25) is 16.3 Å². The van der Waals surface area contributed by atoms with E-state index in [0.717, 1.165) is 35.8 Å². The fourth-order valence-electron chi connectivity index (χ4n) is 6.37. The van der Waals surface area contributed by atoms with Crippen molar-refractivity contribution in [3.63, 3.8) is 0 Å². The van der Waals surface area contributed by atoms with E-state index in [1.165, 1.54) is 50.6 Å². The summed E-state index contributed by atoms with van der Waals surface area (Å²) in [6.45, 7) is 3.01. The van der Waals surface area contributed by atoms with Crippen LogP contribution < -0.4 is 4.74 Å². The molecule has 0 aromatic heterocycles. The van der Waals surface area contributed by atoms with Gasteiger partial charge in [-0.05, 0) is 86.8 Å². The van der Waals surface area contributed by atoms with Crippen LogP contribution >= 0.6 is 0 Å². The van der Waals surface area contributed by atoms with Crippen molar-refractivity contribution in [2.45, 2.75) is 61.7 Å². The lowest BCUT2D eigenvalue weighted by atomic mass is 9.92. The Labute approximate surface area is 265 Å². The minimum atomic E-state index is -3.91. The molecule has 3 heterocycles. The van der Waals surface area contributed by atoms with Gasteiger partial charge >= 0.3 is 0 Å². The molecule has 1 amide bonds. The molecule has 1 N–H and O–H groups in total. The van der Waals surface area contributed by atoms with Crippen molar-refractivity contribution in [2.75, 3.05) is 59.6 Å². The fourth-order valence-corrected chi connectivity index (χ4v) is 7.79. The highest BCUT2D eigenvalue weighted by molar-refractivity contribution is 7.89. The van der Waals surface area contributed by atoms with E-state index in [-0.39, 0.29) is 54.6 Å². The van der Waals surface area contributed by atoms with Gasteiger partial charge in [0.25, 0.3) is 5.91 Å². The van der Waals surface area contributed by atoms with Crippen LogP contribution in [0.4, 0.5) is 4.39 Å². The maximum absolute atomic E-state index is 13.7. The Morgan fingerprint density at radius 3 is 2.33 bits per heavy atom. The molecule has 2 aromatic carbocycles. The predicted molar refractivity (Wildman–Crippen MR) is 167 cm³/mol. The van der Waals surface area contributed by atoms with E-state index in [9.17, 15) is 22.7 Å². The Balaban J connectivity index is 1.24. The molecular formula is C33H44FN3O7S. The van der Waals surface area contributed by atoms with Crippen LogP contribution in [0.3, 0.4) is 0 Å². The monoisotopic (exact) mass is 645 g/mol. The number of hydrogen-bond donors (Lipinski definition) is 1. The minimum Gasteiger partial charge on any atom is -0.497 e. The van der Waals surface area contributed by atoms with E-state index in [2.05, 4.69) is 4.90 Å². The average Bonchev–Trinajstić information content (AvgIpc) is 3.08. The Bertz CT molecular complexity index is 1390. The number of piperidine rings is 2. The molecule has 2 saturated heterocycles. The summed E-state index contributed by atoms with van der Waals surface area (Å²) in [5, 5.41) is 9.60. The molecule has 5 rings (SSSR count). The van der Waals surface area contributed by atoms with Crippen LogP contribution in [0, 0.1) is 5.82 Å². The molecule has 10 nitrogen and oxygen atoms in total. The van der Waals surface area contributed by atoms with Gasteiger partial charge < -0.3 is 29.1 Å². The Morgan fingerprint density at radius 2 is 1.69 bits per heavy atom. The predicted octanol–water partition coefficient (Wildman–Crippen LogP) is 3.72. The Morgan fingerprint density at radius 1 is 1.00 bits per heavy atom. The van der Waals surface area contributed by atoms with Crippen LogP contribution in [0.25, 0.3) is 0 Å². The lowest BCUT2D eigenvalue weighted by molar-refractivity contribution is -0.153. The Hall–Kier alpha value is -3.03. The minimum absolute atomic E-state index is 0.0289. The summed E-state index contributed by atoms with van der Waals surface area (Å²) in [6, 6.07) is 12.7. The largest absolute Gasteiger partial charge is 0.497 e. The molecule has 3 aliphatic rings. The zero-order chi connectivity index (χ0) is 31.8. The van der Waals surface area contributed by atoms with Gasteiger partial charge in [-0.3, -0.25) is 4.79 Å². The van der Waals surface area contributed by atoms with Crippen LogP contribution in [0.2, 0.25) is 0 Å². The number of methoxy groups -OCH3 is 1. The fraction of sp³-hybridized carbons (Fsp3) is 0.545. The third-order valence-corrected chi connectivity index (χ3v) is 10.8. The number of carbonyl (C=O) groups excluding carboxylic acids is 1. The first-order valence-corrected chi connectivity index (χ1v) is 17.3. The van der Waals surface area contributed by atoms with E-state index in [1.54, 1.807) is 30.3 Å². The Kier molecular flexibility index (Phi) is 11.5. The molecule has 2 fully saturated rings. The first-order valence-electron chi connectivity index (χ1n) is 15.8. The number of likely N-dealkylation sites (tertiary alicyclic amines) is 2. The van der Waals surface area contributed by atoms with Crippen molar-refractivity contribution in [3.8, 4) is 5.75 Å². The molecule has 0 saturated carbocycles. The van der Waals surface area contributed by atoms with Crippen molar-refractivity contribution in [3.05, 3.63) is 71.7 Å². The number of aliphatic hydroxyl groups is 1. The van der Waals surface area contributed by atoms with Crippen molar-refractivity contribution in [2.24, 2.45) is 0 Å². The maximum Gasteiger partial charge on any atom is 0.288 e. The molecule has 3 aliphatic heterocycles. The van der Waals surface area contributed by atoms with Gasteiger partial charge in [0.15, 0.2) is 5.76 Å². The third-order valence-electron chi connectivity index (χ3n) is 8.92. The van der Waals surface area contributed by atoms with Gasteiger partial charge in [-0.1, -0.05) is 18.6 Å². The number of rotatable bonds is 12. The molecule has 0 spiro atoms. The highest BCUT2D eigenvalue weighted by Crippen LogP contribution is 2.33. The number of allylic oxidation sites excluding steroid dienone is 1. The molecule has 12 heteroatoms. The number of hydrogen-bond acceptors (Lipinski definition) is 8. The second-order valence-electron chi connectivity index (χ2n) is 11.8. The molecule has 246 valence electrons. The molecule has 0 bridgehead atoms. The summed E-state index contributed by atoms with van der Waals surface area (Å²) in [7, 11) is -2.42. The van der Waals surface area contributed by atoms with E-state index in [1.807, 2.05) is 4.90 Å². The number of benzene rings is 2. The van der Waals surface area contributed by atoms with Crippen molar-refractivity contribution in [1.82, 2.24) is 14.1 Å². The van der Waals surface area contributed by atoms with E-state index < -0.39 is 16.3 Å². The topological polar surface area (TPSA) is 109 Å². The molecule has 0 unspecified atom stereocenters. The quantitative estimate of drug-likeness (QED) is 0.372. The number of aliphatic hydroxyl groups excluding tert-OH is 1. The number of amides is 1. The molecule has 0 aliphatic carbocycles. The van der Waals surface area contributed by atoms with Crippen LogP contribution in [0.1, 0.15) is 50.0 Å². The number of ether oxygens (including phenoxy) is 3. The smallest absolute Gasteiger partial charge is 0.288 e. The highest BCUT2D eigenvalue weighted by Gasteiger charge is 2.34. The molecule has 45 heavy (non-hydrogen) atoms. The number of sulfonamides is 1. The van der Waals surface area contributed by atoms with Crippen LogP contribution in [0.5, 0.6) is 5.75 Å². The van der Waals surface area contributed by atoms with Crippen LogP contribution in [-0.2, 0) is 24.3 Å². The maximum atomic E-state index is 13.7. The second-order valence-corrected chi connectivity index (χ2v) is 13.7. The van der Waals surface area contributed by atoms with E-state index in [4.69, 9.17) is 14.2 Å². The second kappa shape index (κ2) is 15.5. The van der Waals surface area contributed by atoms with Crippen molar-refractivity contribution >= 4 is 15.9 Å². The van der Waals surface area contributed by atoms with Crippen LogP contribution in [0.15, 0.2) is 65.3 Å². The number of nitrogens with zero attached hydrogens (tertiary/aromatic N) is 3. The van der Waals surface area contributed by atoms with Gasteiger partial charge in [-0.25, -0.2) is 12.8 Å². The normalized spacial score (nSPS) is 21.8. The molecule has 0 radical (unpaired) electrons. The molecular weight excluding hydrogens is 601 g/mol. The number of halogens is 1. The van der Waals surface area contributed by atoms with Crippen molar-refractivity contribution < 1.29 is 36.9 Å². The van der Waals surface area contributed by atoms with Gasteiger partial charge in [0.1, 0.15) is 11.6 Å². The van der Waals surface area contributed by atoms with E-state index >= 15 is 0 Å². The van der Waals surface area contributed by atoms with Crippen LogP contribution in [-0.4, -0.2) is 105 Å². The van der Waals surface area contributed by atoms with E-state index in [0.29, 0.717) is 31.3 Å².